The number of benzene rings is 1. The molecule has 17 heavy (non-hydrogen) atoms. The first-order valence-corrected chi connectivity index (χ1v) is 5.86. The van der Waals surface area contributed by atoms with Crippen LogP contribution in [0.2, 0.25) is 5.02 Å². The summed E-state index contributed by atoms with van der Waals surface area (Å²) in [6.07, 6.45) is 1.83. The third-order valence-corrected chi connectivity index (χ3v) is 2.34. The molecular weight excluding hydrogens is 240 g/mol. The minimum absolute atomic E-state index is 0.508. The number of amides is 2. The summed E-state index contributed by atoms with van der Waals surface area (Å²) in [4.78, 5) is 22.8. The van der Waals surface area contributed by atoms with Crippen LogP contribution in [0.15, 0.2) is 24.3 Å². The molecule has 2 amide bonds. The summed E-state index contributed by atoms with van der Waals surface area (Å²) in [6, 6.07) is 6.65. The number of rotatable bonds is 4. The second kappa shape index (κ2) is 6.91. The highest BCUT2D eigenvalue weighted by Gasteiger charge is 2.12. The summed E-state index contributed by atoms with van der Waals surface area (Å²) in [7, 11) is 0. The summed E-state index contributed by atoms with van der Waals surface area (Å²) >= 11 is 5.76. The molecule has 0 aliphatic heterocycles. The first-order valence-electron chi connectivity index (χ1n) is 5.48. The second-order valence-corrected chi connectivity index (χ2v) is 4.01. The van der Waals surface area contributed by atoms with E-state index in [0.717, 1.165) is 12.8 Å². The second-order valence-electron chi connectivity index (χ2n) is 3.57. The smallest absolute Gasteiger partial charge is 0.313 e. The van der Waals surface area contributed by atoms with Crippen LogP contribution in [-0.2, 0) is 9.59 Å². The van der Waals surface area contributed by atoms with Crippen molar-refractivity contribution >= 4 is 29.1 Å². The number of unbranched alkanes of at least 4 members (excludes halogenated alkanes) is 1. The van der Waals surface area contributed by atoms with Crippen molar-refractivity contribution in [3.05, 3.63) is 29.3 Å². The number of carbonyl (C=O) groups is 2. The zero-order valence-corrected chi connectivity index (χ0v) is 10.4. The van der Waals surface area contributed by atoms with Gasteiger partial charge in [0.2, 0.25) is 0 Å². The van der Waals surface area contributed by atoms with Crippen molar-refractivity contribution in [3.63, 3.8) is 0 Å². The highest BCUT2D eigenvalue weighted by molar-refractivity contribution is 6.39. The summed E-state index contributed by atoms with van der Waals surface area (Å²) in [5, 5.41) is 5.52. The molecule has 0 aliphatic carbocycles. The largest absolute Gasteiger partial charge is 0.348 e. The molecule has 0 heterocycles. The van der Waals surface area contributed by atoms with Gasteiger partial charge in [0.15, 0.2) is 0 Å². The molecule has 0 aliphatic rings. The summed E-state index contributed by atoms with van der Waals surface area (Å²) < 4.78 is 0. The van der Waals surface area contributed by atoms with Gasteiger partial charge in [-0.3, -0.25) is 9.59 Å². The fraction of sp³-hybridized carbons (Fsp3) is 0.333. The number of hydrogen-bond acceptors (Lipinski definition) is 2. The first-order chi connectivity index (χ1) is 8.13. The minimum Gasteiger partial charge on any atom is -0.348 e. The molecule has 0 aromatic heterocycles. The van der Waals surface area contributed by atoms with Crippen LogP contribution in [-0.4, -0.2) is 18.4 Å². The SMILES string of the molecule is CCCCNC(=O)C(=O)Nc1cccc(Cl)c1. The Hall–Kier alpha value is -1.55. The molecule has 2 N–H and O–H groups in total. The van der Waals surface area contributed by atoms with Gasteiger partial charge < -0.3 is 10.6 Å². The molecule has 1 aromatic rings. The maximum Gasteiger partial charge on any atom is 0.313 e. The van der Waals surface area contributed by atoms with Crippen LogP contribution in [0.4, 0.5) is 5.69 Å². The van der Waals surface area contributed by atoms with Crippen molar-refractivity contribution < 1.29 is 9.59 Å². The van der Waals surface area contributed by atoms with Crippen molar-refractivity contribution in [2.24, 2.45) is 0 Å². The zero-order valence-electron chi connectivity index (χ0n) is 9.63. The molecule has 0 unspecified atom stereocenters. The predicted molar refractivity (Wildman–Crippen MR) is 68.0 cm³/mol. The maximum absolute atomic E-state index is 11.5. The fourth-order valence-corrected chi connectivity index (χ4v) is 1.40. The normalized spacial score (nSPS) is 9.76. The average Bonchev–Trinajstić information content (AvgIpc) is 2.29. The van der Waals surface area contributed by atoms with E-state index in [0.29, 0.717) is 17.3 Å². The van der Waals surface area contributed by atoms with Crippen LogP contribution >= 0.6 is 11.6 Å². The number of anilines is 1. The Bertz CT molecular complexity index is 407. The van der Waals surface area contributed by atoms with Gasteiger partial charge in [0.1, 0.15) is 0 Å². The van der Waals surface area contributed by atoms with E-state index in [2.05, 4.69) is 10.6 Å². The van der Waals surface area contributed by atoms with E-state index in [9.17, 15) is 9.59 Å². The standard InChI is InChI=1S/C12H15ClN2O2/c1-2-3-7-14-11(16)12(17)15-10-6-4-5-9(13)8-10/h4-6,8H,2-3,7H2,1H3,(H,14,16)(H,15,17). The van der Waals surface area contributed by atoms with Gasteiger partial charge in [-0.15, -0.1) is 0 Å². The monoisotopic (exact) mass is 254 g/mol. The Labute approximate surface area is 105 Å². The van der Waals surface area contributed by atoms with E-state index in [4.69, 9.17) is 11.6 Å². The van der Waals surface area contributed by atoms with E-state index in [1.807, 2.05) is 6.92 Å². The van der Waals surface area contributed by atoms with Gasteiger partial charge in [-0.25, -0.2) is 0 Å². The number of hydrogen-bond donors (Lipinski definition) is 2. The quantitative estimate of drug-likeness (QED) is 0.639. The topological polar surface area (TPSA) is 58.2 Å². The summed E-state index contributed by atoms with van der Waals surface area (Å²) in [6.45, 7) is 2.52. The Balaban J connectivity index is 2.46. The van der Waals surface area contributed by atoms with Crippen LogP contribution in [0.1, 0.15) is 19.8 Å². The number of nitrogens with one attached hydrogen (secondary N) is 2. The van der Waals surface area contributed by atoms with Crippen molar-refractivity contribution in [1.82, 2.24) is 5.32 Å². The van der Waals surface area contributed by atoms with E-state index in [1.54, 1.807) is 24.3 Å². The average molecular weight is 255 g/mol. The summed E-state index contributed by atoms with van der Waals surface area (Å²) in [5.41, 5.74) is 0.508. The lowest BCUT2D eigenvalue weighted by molar-refractivity contribution is -0.136. The summed E-state index contributed by atoms with van der Waals surface area (Å²) in [5.74, 6) is -1.30. The van der Waals surface area contributed by atoms with Crippen LogP contribution in [0.25, 0.3) is 0 Å². The zero-order chi connectivity index (χ0) is 12.7. The highest BCUT2D eigenvalue weighted by atomic mass is 35.5. The lowest BCUT2D eigenvalue weighted by atomic mass is 10.3. The van der Waals surface area contributed by atoms with Crippen molar-refractivity contribution in [3.8, 4) is 0 Å². The van der Waals surface area contributed by atoms with Crippen LogP contribution in [0, 0.1) is 0 Å². The molecule has 1 aromatic carbocycles. The molecule has 0 spiro atoms. The van der Waals surface area contributed by atoms with Gasteiger partial charge in [0.25, 0.3) is 0 Å². The molecular formula is C12H15ClN2O2. The maximum atomic E-state index is 11.5. The third-order valence-electron chi connectivity index (χ3n) is 2.10. The van der Waals surface area contributed by atoms with E-state index in [1.165, 1.54) is 0 Å². The van der Waals surface area contributed by atoms with Crippen molar-refractivity contribution in [2.75, 3.05) is 11.9 Å². The molecule has 92 valence electrons. The van der Waals surface area contributed by atoms with E-state index >= 15 is 0 Å². The van der Waals surface area contributed by atoms with E-state index in [-0.39, 0.29) is 0 Å². The molecule has 0 atom stereocenters. The Morgan fingerprint density at radius 3 is 2.71 bits per heavy atom. The first kappa shape index (κ1) is 13.5. The molecule has 0 radical (unpaired) electrons. The van der Waals surface area contributed by atoms with Gasteiger partial charge in [-0.2, -0.15) is 0 Å². The molecule has 5 heteroatoms. The Morgan fingerprint density at radius 2 is 2.06 bits per heavy atom. The van der Waals surface area contributed by atoms with Gasteiger partial charge in [-0.1, -0.05) is 31.0 Å². The van der Waals surface area contributed by atoms with Gasteiger partial charge in [-0.05, 0) is 24.6 Å². The van der Waals surface area contributed by atoms with Crippen LogP contribution < -0.4 is 10.6 Å². The number of carbonyl (C=O) groups excluding carboxylic acids is 2. The van der Waals surface area contributed by atoms with Gasteiger partial charge in [0, 0.05) is 17.3 Å². The molecule has 0 bridgehead atoms. The van der Waals surface area contributed by atoms with Gasteiger partial charge in [0.05, 0.1) is 0 Å². The Kier molecular flexibility index (Phi) is 5.49. The van der Waals surface area contributed by atoms with E-state index < -0.39 is 11.8 Å². The lowest BCUT2D eigenvalue weighted by Crippen LogP contribution is -2.35. The fourth-order valence-electron chi connectivity index (χ4n) is 1.21. The lowest BCUT2D eigenvalue weighted by Gasteiger charge is -2.06. The molecule has 0 fully saturated rings. The van der Waals surface area contributed by atoms with Gasteiger partial charge >= 0.3 is 11.8 Å². The predicted octanol–water partition coefficient (Wildman–Crippen LogP) is 2.19. The van der Waals surface area contributed by atoms with Crippen molar-refractivity contribution in [1.29, 1.82) is 0 Å². The highest BCUT2D eigenvalue weighted by Crippen LogP contribution is 2.14. The molecule has 0 saturated carbocycles. The molecule has 1 rings (SSSR count). The Morgan fingerprint density at radius 1 is 1.29 bits per heavy atom. The van der Waals surface area contributed by atoms with Crippen LogP contribution in [0.5, 0.6) is 0 Å². The molecule has 0 saturated heterocycles. The van der Waals surface area contributed by atoms with Crippen molar-refractivity contribution in [2.45, 2.75) is 19.8 Å². The third kappa shape index (κ3) is 4.87. The van der Waals surface area contributed by atoms with Crippen LogP contribution in [0.3, 0.4) is 0 Å². The molecule has 4 nitrogen and oxygen atoms in total. The minimum atomic E-state index is -0.677. The number of halogens is 1.